The molecule has 0 radical (unpaired) electrons. The Balaban J connectivity index is 2.30. The number of hydrogen-bond acceptors (Lipinski definition) is 4. The number of hydrogen-bond donors (Lipinski definition) is 2. The molecule has 28 heavy (non-hydrogen) atoms. The van der Waals surface area contributed by atoms with Gasteiger partial charge < -0.3 is 10.2 Å². The molecule has 0 aliphatic heterocycles. The Bertz CT molecular complexity index is 991. The molecule has 1 aromatic heterocycles. The molecule has 0 aliphatic rings. The molecule has 156 valence electrons. The highest BCUT2D eigenvalue weighted by atomic mass is 32.5. The number of aromatic nitrogens is 2. The van der Waals surface area contributed by atoms with Crippen molar-refractivity contribution in [3.05, 3.63) is 51.7 Å². The number of rotatable bonds is 5. The average molecular weight is 430 g/mol. The molecule has 1 atom stereocenters. The predicted octanol–water partition coefficient (Wildman–Crippen LogP) is 4.12. The van der Waals surface area contributed by atoms with Crippen LogP contribution in [0.5, 0.6) is 0 Å². The van der Waals surface area contributed by atoms with Crippen LogP contribution in [-0.4, -0.2) is 30.0 Å². The molecule has 0 saturated heterocycles. The van der Waals surface area contributed by atoms with Crippen molar-refractivity contribution < 1.29 is 28.6 Å². The van der Waals surface area contributed by atoms with E-state index in [4.69, 9.17) is 0 Å². The van der Waals surface area contributed by atoms with Crippen molar-refractivity contribution in [3.8, 4) is 0 Å². The number of benzene rings is 1. The molecule has 1 amide bonds. The van der Waals surface area contributed by atoms with E-state index in [1.54, 1.807) is 14.1 Å². The normalized spacial score (nSPS) is 15.3. The minimum absolute atomic E-state index is 0.0538. The number of H-pyrrole nitrogens is 1. The summed E-state index contributed by atoms with van der Waals surface area (Å²) >= 11 is 0. The molecular formula is C15H16F6N4O2S. The largest absolute Gasteiger partial charge is 0.348 e. The Hall–Kier alpha value is -2.70. The van der Waals surface area contributed by atoms with Crippen LogP contribution in [0.25, 0.3) is 0 Å². The second-order valence-corrected chi connectivity index (χ2v) is 8.61. The van der Waals surface area contributed by atoms with Crippen molar-refractivity contribution >= 4 is 22.1 Å². The zero-order valence-corrected chi connectivity index (χ0v) is 15.6. The summed E-state index contributed by atoms with van der Waals surface area (Å²) < 4.78 is 77.8. The van der Waals surface area contributed by atoms with Gasteiger partial charge in [0.05, 0.1) is 6.04 Å². The van der Waals surface area contributed by atoms with Crippen molar-refractivity contribution in [1.82, 2.24) is 15.3 Å². The molecule has 0 unspecified atom stereocenters. The van der Waals surface area contributed by atoms with Crippen LogP contribution >= 0.6 is 10.2 Å². The highest BCUT2D eigenvalue weighted by Crippen LogP contribution is 3.02. The van der Waals surface area contributed by atoms with Gasteiger partial charge in [-0.15, -0.1) is 0 Å². The number of nitrogens with zero attached hydrogens (tertiary/aromatic N) is 2. The fourth-order valence-corrected chi connectivity index (χ4v) is 2.87. The van der Waals surface area contributed by atoms with E-state index in [2.05, 4.69) is 15.3 Å². The van der Waals surface area contributed by atoms with Gasteiger partial charge in [0.25, 0.3) is 11.5 Å². The summed E-state index contributed by atoms with van der Waals surface area (Å²) in [6, 6.07) is -0.0518. The fraction of sp³-hybridized carbons (Fsp3) is 0.267. The topological polar surface area (TPSA) is 78.1 Å². The van der Waals surface area contributed by atoms with Gasteiger partial charge in [0.2, 0.25) is 5.95 Å². The summed E-state index contributed by atoms with van der Waals surface area (Å²) in [5.41, 5.74) is -1.40. The summed E-state index contributed by atoms with van der Waals surface area (Å²) in [5.74, 6) is -2.40. The van der Waals surface area contributed by atoms with Crippen molar-refractivity contribution in [3.63, 3.8) is 0 Å². The van der Waals surface area contributed by atoms with Gasteiger partial charge in [-0.2, -0.15) is 0 Å². The lowest BCUT2D eigenvalue weighted by Gasteiger charge is -2.40. The summed E-state index contributed by atoms with van der Waals surface area (Å²) in [7, 11) is -6.91. The standard InChI is InChI=1S/C15H16F6N4O2S/c1-8(10-5-4-9(6-11(10)16)28(17,18,19,20)21)22-14(27)12-7-13(26)24-15(23-12)25(2)3/h4-8H,1-3H3,(H,22,27)(H,23,24,26)/t8-/m1/s1. The molecule has 13 heteroatoms. The molecule has 0 fully saturated rings. The molecule has 1 heterocycles. The lowest BCUT2D eigenvalue weighted by Crippen LogP contribution is -2.30. The SMILES string of the molecule is C[C@@H](NC(=O)c1cc(=O)[nH]c(N(C)C)n1)c1ccc(S(F)(F)(F)(F)F)cc1F. The van der Waals surface area contributed by atoms with Gasteiger partial charge in [0.15, 0.2) is 0 Å². The maximum atomic E-state index is 14.0. The molecule has 0 saturated carbocycles. The van der Waals surface area contributed by atoms with Crippen molar-refractivity contribution in [2.75, 3.05) is 19.0 Å². The van der Waals surface area contributed by atoms with Crippen molar-refractivity contribution in [2.45, 2.75) is 17.9 Å². The van der Waals surface area contributed by atoms with Crippen LogP contribution in [0.4, 0.5) is 29.8 Å². The van der Waals surface area contributed by atoms with Gasteiger partial charge in [-0.05, 0) is 19.1 Å². The molecule has 2 rings (SSSR count). The Morgan fingerprint density at radius 1 is 1.18 bits per heavy atom. The van der Waals surface area contributed by atoms with Gasteiger partial charge in [0, 0.05) is 25.7 Å². The molecule has 6 nitrogen and oxygen atoms in total. The lowest BCUT2D eigenvalue weighted by atomic mass is 10.1. The third-order valence-corrected chi connectivity index (χ3v) is 4.76. The van der Waals surface area contributed by atoms with E-state index in [1.807, 2.05) is 0 Å². The van der Waals surface area contributed by atoms with E-state index < -0.39 is 44.0 Å². The molecule has 0 aliphatic carbocycles. The van der Waals surface area contributed by atoms with E-state index in [-0.39, 0.29) is 23.8 Å². The minimum Gasteiger partial charge on any atom is -0.348 e. The van der Waals surface area contributed by atoms with Crippen LogP contribution in [0.1, 0.15) is 29.0 Å². The number of nitrogens with one attached hydrogen (secondary N) is 2. The second-order valence-electron chi connectivity index (χ2n) is 6.20. The van der Waals surface area contributed by atoms with Crippen LogP contribution in [0.3, 0.4) is 0 Å². The van der Waals surface area contributed by atoms with Gasteiger partial charge in [-0.3, -0.25) is 14.6 Å². The quantitative estimate of drug-likeness (QED) is 0.700. The number of amides is 1. The Kier molecular flexibility index (Phi) is 4.75. The fourth-order valence-electron chi connectivity index (χ4n) is 2.22. The Morgan fingerprint density at radius 3 is 2.29 bits per heavy atom. The first-order valence-corrected chi connectivity index (χ1v) is 9.56. The van der Waals surface area contributed by atoms with Crippen LogP contribution in [0.2, 0.25) is 0 Å². The molecule has 0 spiro atoms. The van der Waals surface area contributed by atoms with E-state index in [0.29, 0.717) is 6.07 Å². The van der Waals surface area contributed by atoms with Gasteiger partial charge in [-0.1, -0.05) is 25.5 Å². The van der Waals surface area contributed by atoms with E-state index in [1.165, 1.54) is 11.8 Å². The maximum absolute atomic E-state index is 14.0. The second kappa shape index (κ2) is 6.15. The van der Waals surface area contributed by atoms with E-state index in [9.17, 15) is 33.4 Å². The maximum Gasteiger partial charge on any atom is 0.310 e. The molecule has 2 N–H and O–H groups in total. The van der Waals surface area contributed by atoms with E-state index >= 15 is 0 Å². The zero-order chi connectivity index (χ0) is 21.6. The number of anilines is 1. The van der Waals surface area contributed by atoms with Crippen LogP contribution < -0.4 is 15.8 Å². The van der Waals surface area contributed by atoms with Crippen molar-refractivity contribution in [1.29, 1.82) is 0 Å². The highest BCUT2D eigenvalue weighted by molar-refractivity contribution is 8.45. The highest BCUT2D eigenvalue weighted by Gasteiger charge is 2.65. The van der Waals surface area contributed by atoms with Gasteiger partial charge >= 0.3 is 10.2 Å². The molecule has 1 aromatic carbocycles. The third-order valence-electron chi connectivity index (χ3n) is 3.62. The molecule has 2 aromatic rings. The number of carbonyl (C=O) groups excluding carboxylic acids is 1. The zero-order valence-electron chi connectivity index (χ0n) is 14.8. The Labute approximate surface area is 155 Å². The summed E-state index contributed by atoms with van der Waals surface area (Å²) in [5, 5.41) is 2.25. The number of aromatic amines is 1. The first kappa shape index (κ1) is 21.6. The smallest absolute Gasteiger partial charge is 0.310 e. The van der Waals surface area contributed by atoms with Crippen LogP contribution in [0, 0.1) is 5.82 Å². The van der Waals surface area contributed by atoms with Crippen LogP contribution in [-0.2, 0) is 0 Å². The Morgan fingerprint density at radius 2 is 1.79 bits per heavy atom. The first-order valence-electron chi connectivity index (χ1n) is 7.61. The summed E-state index contributed by atoms with van der Waals surface area (Å²) in [6.07, 6.45) is 0. The summed E-state index contributed by atoms with van der Waals surface area (Å²) in [6.45, 7) is 1.23. The molecule has 0 bridgehead atoms. The minimum atomic E-state index is -10.0. The van der Waals surface area contributed by atoms with Gasteiger partial charge in [0.1, 0.15) is 16.4 Å². The van der Waals surface area contributed by atoms with Gasteiger partial charge in [-0.25, -0.2) is 9.37 Å². The predicted molar refractivity (Wildman–Crippen MR) is 92.9 cm³/mol. The number of halogens is 6. The number of carbonyl (C=O) groups is 1. The lowest BCUT2D eigenvalue weighted by molar-refractivity contribution is 0.0934. The molecular weight excluding hydrogens is 414 g/mol. The van der Waals surface area contributed by atoms with E-state index in [0.717, 1.165) is 6.07 Å². The van der Waals surface area contributed by atoms with Crippen LogP contribution in [0.15, 0.2) is 34.0 Å². The summed E-state index contributed by atoms with van der Waals surface area (Å²) in [4.78, 5) is 29.1. The first-order chi connectivity index (χ1) is 12.5. The third kappa shape index (κ3) is 4.97. The van der Waals surface area contributed by atoms with Crippen molar-refractivity contribution in [2.24, 2.45) is 0 Å². The monoisotopic (exact) mass is 430 g/mol. The average Bonchev–Trinajstić information content (AvgIpc) is 2.51.